The highest BCUT2D eigenvalue weighted by Gasteiger charge is 2.36. The van der Waals surface area contributed by atoms with E-state index in [0.29, 0.717) is 0 Å². The first kappa shape index (κ1) is 24.3. The number of benzene rings is 5. The van der Waals surface area contributed by atoms with Gasteiger partial charge >= 0.3 is 0 Å². The molecule has 44 heavy (non-hydrogen) atoms. The first-order valence-corrected chi connectivity index (χ1v) is 16.0. The standard InChI is InChI=1S/C40H27N3S/c1-40(2)32-15-6-3-12-27(32)30-22-36-31(21-33(30)40)39-38(29-14-5-8-17-37(29)44-39)43(36)26-11-9-10-24(20-26)25-18-19-35-28-13-4-7-16-34(28)41-42(35)23-25/h3-23H,1-2H3. The van der Waals surface area contributed by atoms with E-state index < -0.39 is 0 Å². The van der Waals surface area contributed by atoms with E-state index in [1.165, 1.54) is 70.1 Å². The Morgan fingerprint density at radius 1 is 0.614 bits per heavy atom. The number of hydrogen-bond acceptors (Lipinski definition) is 2. The topological polar surface area (TPSA) is 22.2 Å². The van der Waals surface area contributed by atoms with E-state index in [-0.39, 0.29) is 5.41 Å². The lowest BCUT2D eigenvalue weighted by atomic mass is 9.82. The second kappa shape index (κ2) is 8.46. The SMILES string of the molecule is CC1(C)c2ccccc2-c2cc3c(cc21)c1sc2ccccc2c1n3-c1cccc(-c2ccc3c4ccccc4nn3c2)c1. The summed E-state index contributed by atoms with van der Waals surface area (Å²) in [6.45, 7) is 4.73. The molecule has 9 aromatic rings. The molecule has 4 heteroatoms. The van der Waals surface area contributed by atoms with Gasteiger partial charge in [0, 0.05) is 43.7 Å². The van der Waals surface area contributed by atoms with Crippen LogP contribution in [-0.4, -0.2) is 14.2 Å². The van der Waals surface area contributed by atoms with Crippen LogP contribution in [0.1, 0.15) is 25.0 Å². The number of aromatic nitrogens is 3. The first-order chi connectivity index (χ1) is 21.6. The van der Waals surface area contributed by atoms with Gasteiger partial charge in [-0.2, -0.15) is 5.10 Å². The van der Waals surface area contributed by atoms with Crippen LogP contribution in [0.3, 0.4) is 0 Å². The van der Waals surface area contributed by atoms with E-state index in [9.17, 15) is 0 Å². The third-order valence-electron chi connectivity index (χ3n) is 9.74. The zero-order valence-electron chi connectivity index (χ0n) is 24.4. The van der Waals surface area contributed by atoms with E-state index >= 15 is 0 Å². The molecule has 0 aliphatic heterocycles. The molecule has 0 saturated heterocycles. The van der Waals surface area contributed by atoms with Crippen molar-refractivity contribution >= 4 is 59.0 Å². The summed E-state index contributed by atoms with van der Waals surface area (Å²) in [4.78, 5) is 0. The number of rotatable bonds is 2. The summed E-state index contributed by atoms with van der Waals surface area (Å²) in [5.41, 5.74) is 13.7. The van der Waals surface area contributed by atoms with Crippen molar-refractivity contribution in [2.75, 3.05) is 0 Å². The van der Waals surface area contributed by atoms with E-state index in [1.54, 1.807) is 0 Å². The molecule has 1 aliphatic rings. The summed E-state index contributed by atoms with van der Waals surface area (Å²) in [5.74, 6) is 0. The van der Waals surface area contributed by atoms with Crippen LogP contribution in [0, 0.1) is 0 Å². The van der Waals surface area contributed by atoms with Crippen molar-refractivity contribution in [1.29, 1.82) is 0 Å². The van der Waals surface area contributed by atoms with Crippen LogP contribution in [0.4, 0.5) is 0 Å². The molecule has 0 unspecified atom stereocenters. The number of pyridine rings is 1. The monoisotopic (exact) mass is 581 g/mol. The molecule has 0 N–H and O–H groups in total. The second-order valence-electron chi connectivity index (χ2n) is 12.5. The fourth-order valence-corrected chi connectivity index (χ4v) is 8.81. The van der Waals surface area contributed by atoms with Gasteiger partial charge in [-0.15, -0.1) is 11.3 Å². The van der Waals surface area contributed by atoms with Crippen LogP contribution in [0.2, 0.25) is 0 Å². The fourth-order valence-electron chi connectivity index (χ4n) is 7.60. The van der Waals surface area contributed by atoms with Gasteiger partial charge in [0.15, 0.2) is 0 Å². The lowest BCUT2D eigenvalue weighted by Crippen LogP contribution is -2.14. The van der Waals surface area contributed by atoms with E-state index in [2.05, 4.69) is 140 Å². The molecular weight excluding hydrogens is 555 g/mol. The van der Waals surface area contributed by atoms with E-state index in [0.717, 1.165) is 16.6 Å². The highest BCUT2D eigenvalue weighted by atomic mass is 32.1. The van der Waals surface area contributed by atoms with Crippen LogP contribution in [0.25, 0.3) is 75.6 Å². The van der Waals surface area contributed by atoms with E-state index in [1.807, 2.05) is 21.9 Å². The molecule has 10 rings (SSSR count). The fraction of sp³-hybridized carbons (Fsp3) is 0.0750. The molecule has 4 heterocycles. The molecule has 0 amide bonds. The molecule has 3 nitrogen and oxygen atoms in total. The third kappa shape index (κ3) is 3.13. The molecular formula is C40H27N3S. The third-order valence-corrected chi connectivity index (χ3v) is 10.9. The van der Waals surface area contributed by atoms with Crippen molar-refractivity contribution in [3.63, 3.8) is 0 Å². The summed E-state index contributed by atoms with van der Waals surface area (Å²) >= 11 is 1.91. The maximum atomic E-state index is 4.86. The zero-order valence-corrected chi connectivity index (χ0v) is 25.2. The Morgan fingerprint density at radius 3 is 2.36 bits per heavy atom. The Kier molecular flexibility index (Phi) is 4.67. The first-order valence-electron chi connectivity index (χ1n) is 15.1. The van der Waals surface area contributed by atoms with Gasteiger partial charge in [0.25, 0.3) is 0 Å². The van der Waals surface area contributed by atoms with Gasteiger partial charge in [-0.25, -0.2) is 4.52 Å². The molecule has 0 bridgehead atoms. The molecule has 1 aliphatic carbocycles. The molecule has 0 atom stereocenters. The maximum Gasteiger partial charge on any atom is 0.0933 e. The van der Waals surface area contributed by atoms with Crippen LogP contribution in [0.5, 0.6) is 0 Å². The highest BCUT2D eigenvalue weighted by molar-refractivity contribution is 7.26. The van der Waals surface area contributed by atoms with Gasteiger partial charge in [-0.05, 0) is 70.3 Å². The summed E-state index contributed by atoms with van der Waals surface area (Å²) in [6.07, 6.45) is 2.16. The van der Waals surface area contributed by atoms with Crippen molar-refractivity contribution < 1.29 is 0 Å². The largest absolute Gasteiger partial charge is 0.308 e. The molecule has 4 aromatic heterocycles. The van der Waals surface area contributed by atoms with Gasteiger partial charge in [-0.1, -0.05) is 92.7 Å². The minimum absolute atomic E-state index is 0.0406. The lowest BCUT2D eigenvalue weighted by Gasteiger charge is -2.21. The average Bonchev–Trinajstić information content (AvgIpc) is 3.77. The molecule has 208 valence electrons. The van der Waals surface area contributed by atoms with Gasteiger partial charge in [-0.3, -0.25) is 0 Å². The zero-order chi connectivity index (χ0) is 29.2. The molecule has 5 aromatic carbocycles. The Hall–Kier alpha value is -5.19. The predicted molar refractivity (Wildman–Crippen MR) is 185 cm³/mol. The molecule has 0 radical (unpaired) electrons. The Balaban J connectivity index is 1.25. The smallest absolute Gasteiger partial charge is 0.0933 e. The number of nitrogens with zero attached hydrogens (tertiary/aromatic N) is 3. The van der Waals surface area contributed by atoms with Crippen molar-refractivity contribution in [2.24, 2.45) is 0 Å². The Morgan fingerprint density at radius 2 is 1.43 bits per heavy atom. The molecule has 0 fully saturated rings. The van der Waals surface area contributed by atoms with Crippen LogP contribution < -0.4 is 0 Å². The van der Waals surface area contributed by atoms with E-state index in [4.69, 9.17) is 5.10 Å². The summed E-state index contributed by atoms with van der Waals surface area (Å²) in [5, 5.41) is 8.67. The van der Waals surface area contributed by atoms with Crippen molar-refractivity contribution in [2.45, 2.75) is 19.3 Å². The van der Waals surface area contributed by atoms with Gasteiger partial charge in [0.2, 0.25) is 0 Å². The normalized spacial score (nSPS) is 13.9. The highest BCUT2D eigenvalue weighted by Crippen LogP contribution is 2.52. The number of fused-ring (bicyclic) bond motifs is 11. The Bertz CT molecular complexity index is 2650. The predicted octanol–water partition coefficient (Wildman–Crippen LogP) is 10.8. The molecule has 0 saturated carbocycles. The minimum atomic E-state index is -0.0406. The van der Waals surface area contributed by atoms with Gasteiger partial charge in [0.05, 0.1) is 26.8 Å². The summed E-state index contributed by atoms with van der Waals surface area (Å²) < 4.78 is 7.20. The van der Waals surface area contributed by atoms with Gasteiger partial charge in [0.1, 0.15) is 0 Å². The van der Waals surface area contributed by atoms with Crippen LogP contribution in [-0.2, 0) is 5.41 Å². The quantitative estimate of drug-likeness (QED) is 0.199. The minimum Gasteiger partial charge on any atom is -0.308 e. The van der Waals surface area contributed by atoms with Crippen molar-refractivity contribution in [3.05, 3.63) is 139 Å². The van der Waals surface area contributed by atoms with Crippen LogP contribution >= 0.6 is 11.3 Å². The van der Waals surface area contributed by atoms with Crippen molar-refractivity contribution in [1.82, 2.24) is 14.2 Å². The average molecular weight is 582 g/mol. The summed E-state index contributed by atoms with van der Waals surface area (Å²) in [7, 11) is 0. The Labute approximate surface area is 258 Å². The molecule has 0 spiro atoms. The number of thiophene rings is 1. The maximum absolute atomic E-state index is 4.86. The summed E-state index contributed by atoms with van der Waals surface area (Å²) in [6, 6.07) is 44.4. The van der Waals surface area contributed by atoms with Crippen LogP contribution in [0.15, 0.2) is 128 Å². The second-order valence-corrected chi connectivity index (χ2v) is 13.6. The van der Waals surface area contributed by atoms with Gasteiger partial charge < -0.3 is 4.57 Å². The lowest BCUT2D eigenvalue weighted by molar-refractivity contribution is 0.661. The van der Waals surface area contributed by atoms with Crippen molar-refractivity contribution in [3.8, 4) is 27.9 Å². The number of hydrogen-bond donors (Lipinski definition) is 0.